The van der Waals surface area contributed by atoms with Gasteiger partial charge in [-0.15, -0.1) is 0 Å². The highest BCUT2D eigenvalue weighted by atomic mass is 16.3. The topological polar surface area (TPSA) is 13.1 Å². The van der Waals surface area contributed by atoms with E-state index in [0.29, 0.717) is 11.0 Å². The van der Waals surface area contributed by atoms with Crippen LogP contribution in [0.4, 0.5) is 0 Å². The third kappa shape index (κ3) is 3.44. The van der Waals surface area contributed by atoms with Crippen molar-refractivity contribution in [3.8, 4) is 22.3 Å². The third-order valence-electron chi connectivity index (χ3n) is 9.45. The Morgan fingerprint density at radius 2 is 0.889 bits per heavy atom. The predicted octanol–water partition coefficient (Wildman–Crippen LogP) is 12.7. The molecule has 0 saturated carbocycles. The van der Waals surface area contributed by atoms with Gasteiger partial charge in [-0.05, 0) is 82.8 Å². The largest absolute Gasteiger partial charge is 0.455 e. The average molecular weight is 573 g/mol. The Hall–Kier alpha value is -5.92. The number of furan rings is 1. The van der Waals surface area contributed by atoms with Gasteiger partial charge in [0.1, 0.15) is 11.2 Å². The van der Waals surface area contributed by atoms with E-state index in [1.54, 1.807) is 0 Å². The molecule has 0 amide bonds. The van der Waals surface area contributed by atoms with Gasteiger partial charge in [0.2, 0.25) is 0 Å². The van der Waals surface area contributed by atoms with Crippen molar-refractivity contribution >= 4 is 75.8 Å². The molecule has 0 unspecified atom stereocenters. The number of hydrogen-bond donors (Lipinski definition) is 0. The highest BCUT2D eigenvalue weighted by Gasteiger charge is 2.21. The van der Waals surface area contributed by atoms with E-state index in [4.69, 9.17) is 7.16 Å². The minimum Gasteiger partial charge on any atom is -0.455 e. The molecule has 0 aliphatic heterocycles. The maximum absolute atomic E-state index is 9.09. The lowest BCUT2D eigenvalue weighted by Gasteiger charge is -2.19. The fraction of sp³-hybridized carbons (Fsp3) is 0. The first-order valence-electron chi connectivity index (χ1n) is 16.4. The SMILES string of the molecule is [2H]c1c([2H])c2c(oc3cc(-c4c5ccccc5c(-c5cccc6ccccc56)c5ccccc45)c4ccccc4c32)c2ccccc12. The molecule has 1 heteroatoms. The van der Waals surface area contributed by atoms with Crippen LogP contribution >= 0.6 is 0 Å². The van der Waals surface area contributed by atoms with Crippen molar-refractivity contribution < 1.29 is 7.16 Å². The van der Waals surface area contributed by atoms with Crippen molar-refractivity contribution in [2.45, 2.75) is 0 Å². The van der Waals surface area contributed by atoms with E-state index in [2.05, 4.69) is 121 Å². The van der Waals surface area contributed by atoms with Crippen LogP contribution in [0.15, 0.2) is 162 Å². The molecule has 0 bridgehead atoms. The van der Waals surface area contributed by atoms with Crippen LogP contribution in [-0.2, 0) is 0 Å². The second-order valence-corrected chi connectivity index (χ2v) is 11.8. The van der Waals surface area contributed by atoms with Crippen LogP contribution < -0.4 is 0 Å². The van der Waals surface area contributed by atoms with Gasteiger partial charge in [-0.3, -0.25) is 0 Å². The van der Waals surface area contributed by atoms with Crippen molar-refractivity contribution in [1.82, 2.24) is 0 Å². The molecule has 0 spiro atoms. The van der Waals surface area contributed by atoms with E-state index >= 15 is 0 Å². The molecule has 208 valence electrons. The Balaban J connectivity index is 1.39. The third-order valence-corrected chi connectivity index (χ3v) is 9.45. The van der Waals surface area contributed by atoms with E-state index in [9.17, 15) is 0 Å². The molecule has 10 aromatic rings. The van der Waals surface area contributed by atoms with Crippen LogP contribution in [0.5, 0.6) is 0 Å². The quantitative estimate of drug-likeness (QED) is 0.188. The normalized spacial score (nSPS) is 12.6. The van der Waals surface area contributed by atoms with Gasteiger partial charge in [0.05, 0.1) is 2.74 Å². The van der Waals surface area contributed by atoms with Crippen LogP contribution in [0, 0.1) is 0 Å². The Kier molecular flexibility index (Phi) is 4.66. The monoisotopic (exact) mass is 572 g/mol. The summed E-state index contributed by atoms with van der Waals surface area (Å²) in [6, 6.07) is 51.5. The molecule has 1 aromatic heterocycles. The second-order valence-electron chi connectivity index (χ2n) is 11.8. The smallest absolute Gasteiger partial charge is 0.143 e. The van der Waals surface area contributed by atoms with Gasteiger partial charge in [-0.1, -0.05) is 146 Å². The molecule has 0 N–H and O–H groups in total. The lowest BCUT2D eigenvalue weighted by Crippen LogP contribution is -1.92. The van der Waals surface area contributed by atoms with E-state index in [-0.39, 0.29) is 12.1 Å². The maximum Gasteiger partial charge on any atom is 0.143 e. The van der Waals surface area contributed by atoms with Gasteiger partial charge >= 0.3 is 0 Å². The van der Waals surface area contributed by atoms with Crippen LogP contribution in [-0.4, -0.2) is 0 Å². The fourth-order valence-corrected chi connectivity index (χ4v) is 7.55. The summed E-state index contributed by atoms with van der Waals surface area (Å²) < 4.78 is 24.7. The Morgan fingerprint density at radius 3 is 1.58 bits per heavy atom. The van der Waals surface area contributed by atoms with Crippen molar-refractivity contribution in [3.05, 3.63) is 158 Å². The summed E-state index contributed by atoms with van der Waals surface area (Å²) >= 11 is 0. The standard InChI is InChI=1S/C44H26O/c1-3-15-29-27(12-1)14-11-23-32(29)41-34-19-7-9-21-36(34)42(37-22-10-8-20-35(37)41)39-26-40-43(33-18-6-5-17-31(33)39)38-25-24-28-13-2-4-16-30(28)44(38)45-40/h1-26H/i24D,25D. The van der Waals surface area contributed by atoms with Crippen molar-refractivity contribution in [3.63, 3.8) is 0 Å². The Bertz CT molecular complexity index is 2870. The molecular weight excluding hydrogens is 544 g/mol. The van der Waals surface area contributed by atoms with Gasteiger partial charge < -0.3 is 4.42 Å². The van der Waals surface area contributed by atoms with Gasteiger partial charge in [-0.2, -0.15) is 0 Å². The molecule has 0 fully saturated rings. The first-order chi connectivity index (χ1) is 23.2. The summed E-state index contributed by atoms with van der Waals surface area (Å²) in [7, 11) is 0. The van der Waals surface area contributed by atoms with E-state index in [1.165, 1.54) is 43.4 Å². The lowest BCUT2D eigenvalue weighted by molar-refractivity contribution is 0.673. The fourth-order valence-electron chi connectivity index (χ4n) is 7.55. The summed E-state index contributed by atoms with van der Waals surface area (Å²) in [5.41, 5.74) is 6.10. The number of benzene rings is 9. The van der Waals surface area contributed by atoms with Gasteiger partial charge in [-0.25, -0.2) is 0 Å². The molecule has 0 aliphatic rings. The molecule has 9 aromatic carbocycles. The van der Waals surface area contributed by atoms with Gasteiger partial charge in [0, 0.05) is 16.2 Å². The summed E-state index contributed by atoms with van der Waals surface area (Å²) in [5, 5.41) is 12.5. The number of rotatable bonds is 2. The van der Waals surface area contributed by atoms with Crippen molar-refractivity contribution in [2.75, 3.05) is 0 Å². The zero-order chi connectivity index (χ0) is 31.2. The van der Waals surface area contributed by atoms with Crippen molar-refractivity contribution in [1.29, 1.82) is 0 Å². The van der Waals surface area contributed by atoms with E-state index in [1.807, 2.05) is 24.3 Å². The molecular formula is C44H26O. The molecule has 10 rings (SSSR count). The van der Waals surface area contributed by atoms with Crippen LogP contribution in [0.2, 0.25) is 0 Å². The van der Waals surface area contributed by atoms with Gasteiger partial charge in [0.25, 0.3) is 0 Å². The van der Waals surface area contributed by atoms with Gasteiger partial charge in [0.15, 0.2) is 0 Å². The average Bonchev–Trinajstić information content (AvgIpc) is 3.53. The molecule has 0 radical (unpaired) electrons. The number of hydrogen-bond acceptors (Lipinski definition) is 1. The van der Waals surface area contributed by atoms with Crippen molar-refractivity contribution in [2.24, 2.45) is 0 Å². The highest BCUT2D eigenvalue weighted by molar-refractivity contribution is 6.30. The zero-order valence-electron chi connectivity index (χ0n) is 26.3. The maximum atomic E-state index is 9.09. The van der Waals surface area contributed by atoms with Crippen LogP contribution in [0.25, 0.3) is 98.1 Å². The summed E-state index contributed by atoms with van der Waals surface area (Å²) in [5.74, 6) is 0. The minimum absolute atomic E-state index is 0.200. The highest BCUT2D eigenvalue weighted by Crippen LogP contribution is 2.48. The first kappa shape index (κ1) is 22.6. The summed E-state index contributed by atoms with van der Waals surface area (Å²) in [4.78, 5) is 0. The second kappa shape index (κ2) is 9.29. The Labute approximate surface area is 262 Å². The summed E-state index contributed by atoms with van der Waals surface area (Å²) in [6.07, 6.45) is 0. The van der Waals surface area contributed by atoms with Crippen LogP contribution in [0.1, 0.15) is 2.74 Å². The van der Waals surface area contributed by atoms with Crippen LogP contribution in [0.3, 0.4) is 0 Å². The van der Waals surface area contributed by atoms with E-state index < -0.39 is 0 Å². The molecule has 0 atom stereocenters. The molecule has 45 heavy (non-hydrogen) atoms. The summed E-state index contributed by atoms with van der Waals surface area (Å²) in [6.45, 7) is 0. The molecule has 0 saturated heterocycles. The first-order valence-corrected chi connectivity index (χ1v) is 15.4. The Morgan fingerprint density at radius 1 is 0.378 bits per heavy atom. The molecule has 1 nitrogen and oxygen atoms in total. The van der Waals surface area contributed by atoms with E-state index in [0.717, 1.165) is 43.6 Å². The zero-order valence-corrected chi connectivity index (χ0v) is 24.3. The molecule has 0 aliphatic carbocycles. The lowest BCUT2D eigenvalue weighted by atomic mass is 9.83. The minimum atomic E-state index is 0.200. The molecule has 1 heterocycles. The predicted molar refractivity (Wildman–Crippen MR) is 192 cm³/mol. The number of fused-ring (bicyclic) bond motifs is 10.